The number of carbonyl (C=O) groups excluding carboxylic acids is 2. The Labute approximate surface area is 171 Å². The molecular formula is C21H27ClN2O4. The van der Waals surface area contributed by atoms with Crippen molar-refractivity contribution in [3.05, 3.63) is 59.7 Å². The predicted octanol–water partition coefficient (Wildman–Crippen LogP) is -1.08. The maximum Gasteiger partial charge on any atom is 0.221 e. The number of nitrogens with two attached hydrogens (primary N) is 1. The first kappa shape index (κ1) is 23.6. The molecule has 2 atom stereocenters. The van der Waals surface area contributed by atoms with E-state index in [0.717, 1.165) is 11.3 Å². The van der Waals surface area contributed by atoms with Crippen LogP contribution in [0.4, 0.5) is 5.69 Å². The molecular weight excluding hydrogens is 380 g/mol. The highest BCUT2D eigenvalue weighted by molar-refractivity contribution is 5.98. The molecule has 0 spiro atoms. The van der Waals surface area contributed by atoms with Crippen molar-refractivity contribution < 1.29 is 37.2 Å². The monoisotopic (exact) mass is 406 g/mol. The normalized spacial score (nSPS) is 12.4. The number of hydrogen-bond acceptors (Lipinski definition) is 4. The van der Waals surface area contributed by atoms with Gasteiger partial charge in [-0.05, 0) is 36.8 Å². The summed E-state index contributed by atoms with van der Waals surface area (Å²) in [4.78, 5) is 23.5. The molecule has 0 saturated carbocycles. The number of methoxy groups -OCH3 is 1. The van der Waals surface area contributed by atoms with Gasteiger partial charge in [-0.15, -0.1) is 0 Å². The molecule has 2 rings (SSSR count). The second kappa shape index (κ2) is 11.4. The van der Waals surface area contributed by atoms with Gasteiger partial charge < -0.3 is 32.9 Å². The molecule has 0 aromatic heterocycles. The topological polar surface area (TPSA) is 92.2 Å². The number of benzene rings is 2. The van der Waals surface area contributed by atoms with Crippen LogP contribution in [-0.4, -0.2) is 36.5 Å². The van der Waals surface area contributed by atoms with Crippen LogP contribution in [0, 0.1) is 0 Å². The van der Waals surface area contributed by atoms with Gasteiger partial charge in [-0.3, -0.25) is 9.59 Å². The summed E-state index contributed by atoms with van der Waals surface area (Å²) in [6.45, 7) is 3.92. The summed E-state index contributed by atoms with van der Waals surface area (Å²) in [6.07, 6.45) is -0.280. The second-order valence-electron chi connectivity index (χ2n) is 6.54. The van der Waals surface area contributed by atoms with Crippen LogP contribution < -0.4 is 27.8 Å². The number of aliphatic hydroxyl groups excluding tert-OH is 1. The van der Waals surface area contributed by atoms with Crippen LogP contribution in [0.5, 0.6) is 5.75 Å². The Bertz CT molecular complexity index is 780. The summed E-state index contributed by atoms with van der Waals surface area (Å²) in [5.41, 5.74) is 1.99. The minimum Gasteiger partial charge on any atom is -1.00 e. The molecule has 2 aromatic carbocycles. The van der Waals surface area contributed by atoms with E-state index in [1.807, 2.05) is 36.5 Å². The average molecular weight is 407 g/mol. The van der Waals surface area contributed by atoms with Gasteiger partial charge in [0.25, 0.3) is 0 Å². The highest BCUT2D eigenvalue weighted by atomic mass is 35.5. The maximum absolute atomic E-state index is 12.4. The first-order chi connectivity index (χ1) is 12.9. The Morgan fingerprint density at radius 1 is 1.18 bits per heavy atom. The Morgan fingerprint density at radius 2 is 1.86 bits per heavy atom. The maximum atomic E-state index is 12.4. The van der Waals surface area contributed by atoms with Crippen molar-refractivity contribution in [2.24, 2.45) is 0 Å². The van der Waals surface area contributed by atoms with E-state index < -0.39 is 6.10 Å². The lowest BCUT2D eigenvalue weighted by atomic mass is 10.0. The zero-order valence-corrected chi connectivity index (χ0v) is 17.1. The third-order valence-corrected chi connectivity index (χ3v) is 4.37. The summed E-state index contributed by atoms with van der Waals surface area (Å²) in [7, 11) is 1.60. The number of Topliss-reactive ketones (excluding diaryl/α,β-unsaturated/α-hetero) is 1. The van der Waals surface area contributed by atoms with Crippen LogP contribution in [0.1, 0.15) is 42.3 Å². The van der Waals surface area contributed by atoms with Crippen LogP contribution >= 0.6 is 0 Å². The fourth-order valence-corrected chi connectivity index (χ4v) is 2.83. The van der Waals surface area contributed by atoms with Gasteiger partial charge in [0.2, 0.25) is 5.91 Å². The summed E-state index contributed by atoms with van der Waals surface area (Å²) in [5, 5.41) is 15.1. The van der Waals surface area contributed by atoms with Crippen LogP contribution in [-0.2, 0) is 4.79 Å². The van der Waals surface area contributed by atoms with Gasteiger partial charge in [0.05, 0.1) is 20.1 Å². The zero-order valence-electron chi connectivity index (χ0n) is 16.3. The van der Waals surface area contributed by atoms with Crippen LogP contribution in [0.3, 0.4) is 0 Å². The molecule has 4 N–H and O–H groups in total. The van der Waals surface area contributed by atoms with Crippen molar-refractivity contribution in [3.8, 4) is 5.75 Å². The van der Waals surface area contributed by atoms with E-state index in [4.69, 9.17) is 4.74 Å². The van der Waals surface area contributed by atoms with Crippen molar-refractivity contribution in [3.63, 3.8) is 0 Å². The van der Waals surface area contributed by atoms with Gasteiger partial charge in [-0.2, -0.15) is 0 Å². The molecule has 0 aliphatic heterocycles. The quantitative estimate of drug-likeness (QED) is 0.462. The van der Waals surface area contributed by atoms with Gasteiger partial charge in [-0.1, -0.05) is 24.3 Å². The highest BCUT2D eigenvalue weighted by Gasteiger charge is 2.19. The summed E-state index contributed by atoms with van der Waals surface area (Å²) >= 11 is 0. The molecule has 28 heavy (non-hydrogen) atoms. The fraction of sp³-hybridized carbons (Fsp3) is 0.333. The summed E-state index contributed by atoms with van der Waals surface area (Å²) in [5.74, 6) is 0.577. The number of hydrogen-bond donors (Lipinski definition) is 3. The number of amides is 1. The molecule has 152 valence electrons. The molecule has 2 unspecified atom stereocenters. The van der Waals surface area contributed by atoms with E-state index in [-0.39, 0.29) is 30.1 Å². The summed E-state index contributed by atoms with van der Waals surface area (Å²) < 4.78 is 5.12. The Kier molecular flexibility index (Phi) is 9.65. The lowest BCUT2D eigenvalue weighted by molar-refractivity contribution is -0.693. The van der Waals surface area contributed by atoms with Gasteiger partial charge in [0.15, 0.2) is 5.78 Å². The molecule has 0 aliphatic carbocycles. The Balaban J connectivity index is 0.00000392. The molecule has 0 heterocycles. The predicted molar refractivity (Wildman–Crippen MR) is 104 cm³/mol. The Morgan fingerprint density at radius 3 is 2.46 bits per heavy atom. The van der Waals surface area contributed by atoms with E-state index in [0.29, 0.717) is 24.2 Å². The van der Waals surface area contributed by atoms with E-state index in [1.54, 1.807) is 31.4 Å². The highest BCUT2D eigenvalue weighted by Crippen LogP contribution is 2.19. The van der Waals surface area contributed by atoms with Gasteiger partial charge in [-0.25, -0.2) is 0 Å². The number of ketones is 1. The van der Waals surface area contributed by atoms with E-state index in [1.165, 1.54) is 6.92 Å². The fourth-order valence-electron chi connectivity index (χ4n) is 2.83. The van der Waals surface area contributed by atoms with Crippen molar-refractivity contribution in [1.29, 1.82) is 0 Å². The largest absolute Gasteiger partial charge is 1.00 e. The molecule has 0 aliphatic rings. The molecule has 0 bridgehead atoms. The summed E-state index contributed by atoms with van der Waals surface area (Å²) in [6, 6.07) is 14.1. The van der Waals surface area contributed by atoms with E-state index in [9.17, 15) is 14.7 Å². The van der Waals surface area contributed by atoms with E-state index in [2.05, 4.69) is 5.32 Å². The number of anilines is 1. The molecule has 1 amide bonds. The number of rotatable bonds is 9. The number of halogens is 1. The van der Waals surface area contributed by atoms with Crippen LogP contribution in [0.2, 0.25) is 0 Å². The standard InChI is InChI=1S/C21H26N2O4.ClH/c1-14(21(26)16-7-9-19(27-3)10-8-16)22-12-11-20(25)17-5-4-6-18(13-17)23-15(2)24;/h4-10,13-14,21-22,26H,11-12H2,1-3H3,(H,23,24);1H. The van der Waals surface area contributed by atoms with Crippen molar-refractivity contribution >= 4 is 17.4 Å². The lowest BCUT2D eigenvalue weighted by Gasteiger charge is -2.18. The van der Waals surface area contributed by atoms with Gasteiger partial charge in [0.1, 0.15) is 17.9 Å². The third-order valence-electron chi connectivity index (χ3n) is 4.37. The number of quaternary nitrogens is 1. The lowest BCUT2D eigenvalue weighted by Crippen LogP contribution is -3.00. The van der Waals surface area contributed by atoms with Crippen LogP contribution in [0.15, 0.2) is 48.5 Å². The average Bonchev–Trinajstić information content (AvgIpc) is 2.67. The van der Waals surface area contributed by atoms with Crippen molar-refractivity contribution in [1.82, 2.24) is 0 Å². The van der Waals surface area contributed by atoms with Crippen LogP contribution in [0.25, 0.3) is 0 Å². The smallest absolute Gasteiger partial charge is 0.221 e. The van der Waals surface area contributed by atoms with Gasteiger partial charge >= 0.3 is 0 Å². The second-order valence-corrected chi connectivity index (χ2v) is 6.54. The molecule has 0 fully saturated rings. The zero-order chi connectivity index (χ0) is 19.8. The van der Waals surface area contributed by atoms with Crippen molar-refractivity contribution in [2.75, 3.05) is 19.0 Å². The minimum absolute atomic E-state index is 0. The van der Waals surface area contributed by atoms with E-state index >= 15 is 0 Å². The molecule has 7 heteroatoms. The number of ether oxygens (including phenoxy) is 1. The van der Waals surface area contributed by atoms with Gasteiger partial charge in [0, 0.05) is 18.2 Å². The number of carbonyl (C=O) groups is 2. The first-order valence-electron chi connectivity index (χ1n) is 8.97. The molecule has 2 aromatic rings. The molecule has 6 nitrogen and oxygen atoms in total. The molecule has 0 radical (unpaired) electrons. The third kappa shape index (κ3) is 6.96. The SMILES string of the molecule is COc1ccc(C(O)C(C)[NH2+]CCC(=O)c2cccc(NC(C)=O)c2)cc1.[Cl-]. The Hall–Kier alpha value is -2.41. The minimum atomic E-state index is -0.630. The molecule has 0 saturated heterocycles. The first-order valence-corrected chi connectivity index (χ1v) is 8.97. The number of aliphatic hydroxyl groups is 1. The van der Waals surface area contributed by atoms with Crippen molar-refractivity contribution in [2.45, 2.75) is 32.4 Å². The number of nitrogens with one attached hydrogen (secondary N) is 1.